The molecular weight excluding hydrogens is 551 g/mol. The highest BCUT2D eigenvalue weighted by Gasteiger charge is 2.58. The van der Waals surface area contributed by atoms with E-state index >= 15 is 0 Å². The lowest BCUT2D eigenvalue weighted by Gasteiger charge is -2.49. The van der Waals surface area contributed by atoms with Gasteiger partial charge in [0.25, 0.3) is 0 Å². The van der Waals surface area contributed by atoms with Crippen LogP contribution in [0.2, 0.25) is 0 Å². The number of aryl methyl sites for hydroxylation is 2. The summed E-state index contributed by atoms with van der Waals surface area (Å²) in [6.07, 6.45) is 6.18. The van der Waals surface area contributed by atoms with Crippen LogP contribution in [0, 0.1) is 19.3 Å². The number of hydrogen-bond acceptors (Lipinski definition) is 7. The van der Waals surface area contributed by atoms with Gasteiger partial charge in [0.1, 0.15) is 22.8 Å². The first-order valence-electron chi connectivity index (χ1n) is 13.7. The van der Waals surface area contributed by atoms with Crippen molar-refractivity contribution in [1.29, 1.82) is 0 Å². The number of aromatic nitrogens is 2. The van der Waals surface area contributed by atoms with Crippen molar-refractivity contribution in [2.75, 3.05) is 18.5 Å². The second-order valence-corrected chi connectivity index (χ2v) is 11.5. The summed E-state index contributed by atoms with van der Waals surface area (Å²) in [6, 6.07) is 6.03. The van der Waals surface area contributed by atoms with Gasteiger partial charge in [-0.05, 0) is 64.3 Å². The average molecular weight is 594 g/mol. The molecule has 1 aliphatic carbocycles. The molecule has 0 bridgehead atoms. The van der Waals surface area contributed by atoms with Gasteiger partial charge in [-0.25, -0.2) is 10.4 Å². The molecule has 0 atom stereocenters. The van der Waals surface area contributed by atoms with Gasteiger partial charge in [-0.1, -0.05) is 51.0 Å². The lowest BCUT2D eigenvalue weighted by Crippen LogP contribution is -2.62. The van der Waals surface area contributed by atoms with E-state index in [1.165, 1.54) is 74.4 Å². The molecular formula is C30H42F3N5O2S. The Morgan fingerprint density at radius 2 is 1.78 bits per heavy atom. The number of rotatable bonds is 2. The summed E-state index contributed by atoms with van der Waals surface area (Å²) in [4.78, 5) is 19.4. The van der Waals surface area contributed by atoms with E-state index in [9.17, 15) is 13.2 Å². The molecule has 3 aliphatic rings. The molecule has 0 aromatic carbocycles. The molecule has 1 saturated carbocycles. The second kappa shape index (κ2) is 14.7. The van der Waals surface area contributed by atoms with E-state index in [0.29, 0.717) is 10.4 Å². The highest BCUT2D eigenvalue weighted by atomic mass is 32.1. The predicted molar refractivity (Wildman–Crippen MR) is 161 cm³/mol. The number of nitrogens with zero attached hydrogens (tertiary/aromatic N) is 3. The number of hydrogen-bond donors (Lipinski definition) is 3. The Hall–Kier alpha value is -3.05. The number of aldehydes is 1. The standard InChI is InChI=1S/C14H21N.C8H10F3NS.C6H7N3O.C2H4O/c1-11-7-8-12(2)15-13(11)14(3)9-5-4-6-10-14;1-3-6(13)12-4-7(2,5-12)8(9,10)11;10-5-1-4-2-8-9-6(4)7-3-5;1-2-3/h7-8H,4-6,9-10H2,1-3H3;3H,1,4-5H2,2H3;1,3,8,10H,2H2,(H,7,9);2H,1H3. The number of aromatic hydroxyl groups is 1. The topological polar surface area (TPSA) is 90.4 Å². The summed E-state index contributed by atoms with van der Waals surface area (Å²) in [5.74, 6) is 1.02. The fourth-order valence-corrected chi connectivity index (χ4v) is 5.16. The van der Waals surface area contributed by atoms with Gasteiger partial charge >= 0.3 is 6.18 Å². The third kappa shape index (κ3) is 9.22. The summed E-state index contributed by atoms with van der Waals surface area (Å²) >= 11 is 4.79. The summed E-state index contributed by atoms with van der Waals surface area (Å²) in [5.41, 5.74) is 9.36. The van der Waals surface area contributed by atoms with Crippen LogP contribution in [0.15, 0.2) is 37.1 Å². The number of likely N-dealkylation sites (tertiary alicyclic amines) is 1. The fraction of sp³-hybridized carbons (Fsp3) is 0.533. The summed E-state index contributed by atoms with van der Waals surface area (Å²) in [5, 5.41) is 8.98. The van der Waals surface area contributed by atoms with Crippen molar-refractivity contribution in [2.45, 2.75) is 84.9 Å². The lowest BCUT2D eigenvalue weighted by molar-refractivity contribution is -0.249. The predicted octanol–water partition coefficient (Wildman–Crippen LogP) is 6.73. The SMILES string of the molecule is C=CC(=S)N1CC(C)(C(F)(F)F)C1.CC=O.Cc1ccc(C)c(C2(C)CCCCC2)n1.Oc1cnc2c(c1)CNN2. The number of carbonyl (C=O) groups excluding carboxylic acids is 1. The number of hydrazine groups is 1. The Bertz CT molecular complexity index is 1190. The minimum absolute atomic E-state index is 0.0542. The summed E-state index contributed by atoms with van der Waals surface area (Å²) in [7, 11) is 0. The van der Waals surface area contributed by atoms with Gasteiger partial charge in [-0.2, -0.15) is 13.2 Å². The Balaban J connectivity index is 0.000000208. The van der Waals surface area contributed by atoms with Gasteiger partial charge in [0.2, 0.25) is 0 Å². The van der Waals surface area contributed by atoms with E-state index in [0.717, 1.165) is 29.9 Å². The van der Waals surface area contributed by atoms with Crippen LogP contribution in [0.1, 0.15) is 75.4 Å². The maximum atomic E-state index is 12.3. The molecule has 0 spiro atoms. The van der Waals surface area contributed by atoms with Crippen molar-refractivity contribution < 1.29 is 23.1 Å². The fourth-order valence-electron chi connectivity index (χ4n) is 5.03. The quantitative estimate of drug-likeness (QED) is 0.201. The van der Waals surface area contributed by atoms with Gasteiger partial charge in [0.15, 0.2) is 0 Å². The number of fused-ring (bicyclic) bond motifs is 1. The highest BCUT2D eigenvalue weighted by molar-refractivity contribution is 7.80. The number of thiocarbonyl (C=S) groups is 1. The van der Waals surface area contributed by atoms with Gasteiger partial charge in [-0.3, -0.25) is 4.98 Å². The van der Waals surface area contributed by atoms with Crippen molar-refractivity contribution in [1.82, 2.24) is 20.3 Å². The molecule has 4 heterocycles. The van der Waals surface area contributed by atoms with E-state index in [-0.39, 0.29) is 18.8 Å². The normalized spacial score (nSPS) is 17.8. The zero-order valence-corrected chi connectivity index (χ0v) is 25.4. The molecule has 5 rings (SSSR count). The number of anilines is 1. The molecule has 1 saturated heterocycles. The molecule has 41 heavy (non-hydrogen) atoms. The Morgan fingerprint density at radius 3 is 2.34 bits per heavy atom. The molecule has 0 unspecified atom stereocenters. The van der Waals surface area contributed by atoms with Crippen molar-refractivity contribution in [3.8, 4) is 5.75 Å². The van der Waals surface area contributed by atoms with Gasteiger partial charge in [0, 0.05) is 42.0 Å². The van der Waals surface area contributed by atoms with Crippen molar-refractivity contribution in [3.63, 3.8) is 0 Å². The third-order valence-electron chi connectivity index (χ3n) is 7.45. The summed E-state index contributed by atoms with van der Waals surface area (Å²) < 4.78 is 37.0. The molecule has 2 fully saturated rings. The van der Waals surface area contributed by atoms with Crippen molar-refractivity contribution >= 4 is 29.3 Å². The first-order chi connectivity index (χ1) is 19.2. The number of alkyl halides is 3. The Labute approximate surface area is 246 Å². The van der Waals surface area contributed by atoms with Crippen molar-refractivity contribution in [2.24, 2.45) is 5.41 Å². The van der Waals surface area contributed by atoms with E-state index in [1.54, 1.807) is 6.07 Å². The smallest absolute Gasteiger partial charge is 0.397 e. The van der Waals surface area contributed by atoms with Gasteiger partial charge in [0.05, 0.1) is 11.6 Å². The maximum Gasteiger partial charge on any atom is 0.397 e. The third-order valence-corrected chi connectivity index (χ3v) is 7.88. The molecule has 0 radical (unpaired) electrons. The molecule has 226 valence electrons. The molecule has 11 heteroatoms. The monoisotopic (exact) mass is 593 g/mol. The minimum atomic E-state index is -4.14. The number of carbonyl (C=O) groups is 1. The van der Waals surface area contributed by atoms with E-state index < -0.39 is 11.6 Å². The van der Waals surface area contributed by atoms with Gasteiger partial charge in [-0.15, -0.1) is 0 Å². The minimum Gasteiger partial charge on any atom is -0.506 e. The Morgan fingerprint density at radius 1 is 1.17 bits per heavy atom. The molecule has 2 aromatic rings. The molecule has 0 amide bonds. The van der Waals surface area contributed by atoms with Crippen LogP contribution in [0.25, 0.3) is 0 Å². The van der Waals surface area contributed by atoms with Gasteiger partial charge < -0.3 is 20.2 Å². The highest BCUT2D eigenvalue weighted by Crippen LogP contribution is 2.45. The lowest BCUT2D eigenvalue weighted by atomic mass is 9.72. The molecule has 2 aromatic heterocycles. The Kier molecular flexibility index (Phi) is 12.3. The molecule has 7 nitrogen and oxygen atoms in total. The number of pyridine rings is 2. The van der Waals surface area contributed by atoms with Crippen LogP contribution in [0.4, 0.5) is 19.0 Å². The second-order valence-electron chi connectivity index (χ2n) is 11.1. The summed E-state index contributed by atoms with van der Waals surface area (Å²) in [6.45, 7) is 13.3. The maximum absolute atomic E-state index is 12.3. The molecule has 2 aliphatic heterocycles. The zero-order valence-electron chi connectivity index (χ0n) is 24.6. The van der Waals surface area contributed by atoms with Crippen molar-refractivity contribution in [3.05, 3.63) is 59.6 Å². The zero-order chi connectivity index (χ0) is 30.8. The van der Waals surface area contributed by atoms with E-state index in [4.69, 9.17) is 27.1 Å². The van der Waals surface area contributed by atoms with E-state index in [1.807, 2.05) is 0 Å². The largest absolute Gasteiger partial charge is 0.506 e. The average Bonchev–Trinajstić information content (AvgIpc) is 3.36. The van der Waals surface area contributed by atoms with Crippen LogP contribution in [0.3, 0.4) is 0 Å². The van der Waals surface area contributed by atoms with E-state index in [2.05, 4.69) is 55.3 Å². The molecule has 3 N–H and O–H groups in total. The van der Waals surface area contributed by atoms with Crippen LogP contribution >= 0.6 is 12.2 Å². The van der Waals surface area contributed by atoms with Crippen LogP contribution < -0.4 is 10.9 Å². The first-order valence-corrected chi connectivity index (χ1v) is 14.1. The van der Waals surface area contributed by atoms with Crippen LogP contribution in [-0.4, -0.2) is 50.5 Å². The van der Waals surface area contributed by atoms with Crippen LogP contribution in [-0.2, 0) is 16.8 Å². The number of nitrogens with one attached hydrogen (secondary N) is 2. The number of halogens is 3. The van der Waals surface area contributed by atoms with Crippen LogP contribution in [0.5, 0.6) is 5.75 Å². The first kappa shape index (κ1) is 34.2.